The highest BCUT2D eigenvalue weighted by molar-refractivity contribution is 5.01. The molecule has 0 bridgehead atoms. The summed E-state index contributed by atoms with van der Waals surface area (Å²) in [6.45, 7) is 9.38. The zero-order valence-electron chi connectivity index (χ0n) is 13.3. The molecule has 0 amide bonds. The molecule has 2 heteroatoms. The van der Waals surface area contributed by atoms with Crippen molar-refractivity contribution in [1.82, 2.24) is 4.90 Å². The third kappa shape index (κ3) is 3.00. The Morgan fingerprint density at radius 1 is 1.16 bits per heavy atom. The predicted molar refractivity (Wildman–Crippen MR) is 83.2 cm³/mol. The number of hydrogen-bond acceptors (Lipinski definition) is 2. The molecule has 2 fully saturated rings. The van der Waals surface area contributed by atoms with Crippen molar-refractivity contribution in [2.24, 2.45) is 17.6 Å². The highest BCUT2D eigenvalue weighted by atomic mass is 15.2. The number of nitrogens with two attached hydrogens (primary N) is 1. The molecule has 0 radical (unpaired) electrons. The third-order valence-corrected chi connectivity index (χ3v) is 6.02. The van der Waals surface area contributed by atoms with Crippen LogP contribution < -0.4 is 5.73 Å². The molecule has 1 aliphatic heterocycles. The molecular weight excluding hydrogens is 232 g/mol. The van der Waals surface area contributed by atoms with Gasteiger partial charge in [-0.1, -0.05) is 33.6 Å². The lowest BCUT2D eigenvalue weighted by Gasteiger charge is -2.54. The normalized spacial score (nSPS) is 42.0. The number of nitrogens with zero attached hydrogens (tertiary/aromatic N) is 1. The minimum atomic E-state index is 0.303. The van der Waals surface area contributed by atoms with Crippen molar-refractivity contribution < 1.29 is 0 Å². The zero-order chi connectivity index (χ0) is 13.9. The monoisotopic (exact) mass is 266 g/mol. The zero-order valence-corrected chi connectivity index (χ0v) is 13.3. The number of hydrogen-bond donors (Lipinski definition) is 1. The lowest BCUT2D eigenvalue weighted by atomic mass is 9.68. The highest BCUT2D eigenvalue weighted by Gasteiger charge is 2.45. The van der Waals surface area contributed by atoms with E-state index in [-0.39, 0.29) is 0 Å². The molecule has 0 spiro atoms. The van der Waals surface area contributed by atoms with E-state index in [9.17, 15) is 0 Å². The van der Waals surface area contributed by atoms with E-state index in [1.807, 2.05) is 0 Å². The van der Waals surface area contributed by atoms with E-state index >= 15 is 0 Å². The molecule has 0 aromatic heterocycles. The quantitative estimate of drug-likeness (QED) is 0.842. The lowest BCUT2D eigenvalue weighted by Crippen LogP contribution is -2.62. The van der Waals surface area contributed by atoms with Crippen LogP contribution in [0.15, 0.2) is 0 Å². The average Bonchev–Trinajstić information content (AvgIpc) is 2.65. The second-order valence-electron chi connectivity index (χ2n) is 7.19. The van der Waals surface area contributed by atoms with E-state index < -0.39 is 0 Å². The van der Waals surface area contributed by atoms with Gasteiger partial charge in [-0.15, -0.1) is 0 Å². The fourth-order valence-electron chi connectivity index (χ4n) is 4.72. The molecule has 0 aromatic carbocycles. The van der Waals surface area contributed by atoms with Gasteiger partial charge in [0.2, 0.25) is 0 Å². The molecule has 2 nitrogen and oxygen atoms in total. The Balaban J connectivity index is 2.22. The van der Waals surface area contributed by atoms with E-state index in [1.165, 1.54) is 57.9 Å². The van der Waals surface area contributed by atoms with Gasteiger partial charge in [0.15, 0.2) is 0 Å². The molecule has 4 atom stereocenters. The van der Waals surface area contributed by atoms with Crippen LogP contribution in [0.2, 0.25) is 0 Å². The summed E-state index contributed by atoms with van der Waals surface area (Å²) < 4.78 is 0. The van der Waals surface area contributed by atoms with Crippen molar-refractivity contribution in [2.45, 2.75) is 83.7 Å². The SMILES string of the molecule is CCC1CCCCCN1C1(CN)CCC(C)CC1C. The molecule has 2 N–H and O–H groups in total. The minimum Gasteiger partial charge on any atom is -0.329 e. The van der Waals surface area contributed by atoms with E-state index in [0.717, 1.165) is 24.4 Å². The van der Waals surface area contributed by atoms with Gasteiger partial charge in [-0.25, -0.2) is 0 Å². The van der Waals surface area contributed by atoms with Crippen LogP contribution in [0.3, 0.4) is 0 Å². The first-order chi connectivity index (χ1) is 9.14. The Morgan fingerprint density at radius 2 is 1.95 bits per heavy atom. The van der Waals surface area contributed by atoms with E-state index in [0.29, 0.717) is 5.54 Å². The first-order valence-corrected chi connectivity index (χ1v) is 8.61. The van der Waals surface area contributed by atoms with Crippen LogP contribution in [0.25, 0.3) is 0 Å². The van der Waals surface area contributed by atoms with Crippen LogP contribution in [0.5, 0.6) is 0 Å². The van der Waals surface area contributed by atoms with Crippen LogP contribution in [0.4, 0.5) is 0 Å². The maximum atomic E-state index is 6.33. The molecule has 1 heterocycles. The summed E-state index contributed by atoms with van der Waals surface area (Å²) in [5, 5.41) is 0. The van der Waals surface area contributed by atoms with E-state index in [2.05, 4.69) is 25.7 Å². The van der Waals surface area contributed by atoms with Gasteiger partial charge >= 0.3 is 0 Å². The molecule has 112 valence electrons. The largest absolute Gasteiger partial charge is 0.329 e. The maximum absolute atomic E-state index is 6.33. The Labute approximate surface area is 120 Å². The standard InChI is InChI=1S/C17H34N2/c1-4-16-8-6-5-7-11-19(16)17(13-18)10-9-14(2)12-15(17)3/h14-16H,4-13,18H2,1-3H3. The lowest BCUT2D eigenvalue weighted by molar-refractivity contribution is -0.0287. The van der Waals surface area contributed by atoms with Gasteiger partial charge in [-0.2, -0.15) is 0 Å². The summed E-state index contributed by atoms with van der Waals surface area (Å²) in [6, 6.07) is 0.780. The smallest absolute Gasteiger partial charge is 0.0360 e. The number of likely N-dealkylation sites (tertiary alicyclic amines) is 1. The van der Waals surface area contributed by atoms with Crippen LogP contribution in [0, 0.1) is 11.8 Å². The topological polar surface area (TPSA) is 29.3 Å². The molecule has 1 saturated carbocycles. The Bertz CT molecular complexity index is 278. The first-order valence-electron chi connectivity index (χ1n) is 8.61. The molecule has 2 rings (SSSR count). The second-order valence-corrected chi connectivity index (χ2v) is 7.19. The van der Waals surface area contributed by atoms with Gasteiger partial charge in [0.1, 0.15) is 0 Å². The van der Waals surface area contributed by atoms with Crippen molar-refractivity contribution in [1.29, 1.82) is 0 Å². The molecule has 1 saturated heterocycles. The summed E-state index contributed by atoms with van der Waals surface area (Å²) in [5.74, 6) is 1.65. The van der Waals surface area contributed by atoms with Gasteiger partial charge in [0, 0.05) is 18.1 Å². The highest BCUT2D eigenvalue weighted by Crippen LogP contribution is 2.42. The van der Waals surface area contributed by atoms with Gasteiger partial charge in [0.05, 0.1) is 0 Å². The molecule has 1 aliphatic carbocycles. The van der Waals surface area contributed by atoms with Gasteiger partial charge in [-0.05, 0) is 56.9 Å². The molecule has 4 unspecified atom stereocenters. The third-order valence-electron chi connectivity index (χ3n) is 6.02. The summed E-state index contributed by atoms with van der Waals surface area (Å²) in [4.78, 5) is 2.86. The van der Waals surface area contributed by atoms with Crippen molar-refractivity contribution in [3.8, 4) is 0 Å². The van der Waals surface area contributed by atoms with Gasteiger partial charge < -0.3 is 5.73 Å². The van der Waals surface area contributed by atoms with Crippen molar-refractivity contribution in [3.05, 3.63) is 0 Å². The minimum absolute atomic E-state index is 0.303. The Morgan fingerprint density at radius 3 is 2.58 bits per heavy atom. The van der Waals surface area contributed by atoms with Crippen LogP contribution >= 0.6 is 0 Å². The van der Waals surface area contributed by atoms with Gasteiger partial charge in [0.25, 0.3) is 0 Å². The van der Waals surface area contributed by atoms with Gasteiger partial charge in [-0.3, -0.25) is 4.90 Å². The van der Waals surface area contributed by atoms with Crippen LogP contribution in [-0.2, 0) is 0 Å². The summed E-state index contributed by atoms with van der Waals surface area (Å²) in [7, 11) is 0. The molecular formula is C17H34N2. The van der Waals surface area contributed by atoms with Crippen molar-refractivity contribution in [3.63, 3.8) is 0 Å². The van der Waals surface area contributed by atoms with Crippen LogP contribution in [0.1, 0.15) is 72.1 Å². The maximum Gasteiger partial charge on any atom is 0.0360 e. The molecule has 2 aliphatic rings. The fraction of sp³-hybridized carbons (Fsp3) is 1.00. The van der Waals surface area contributed by atoms with Crippen LogP contribution in [-0.4, -0.2) is 29.6 Å². The molecule has 0 aromatic rings. The molecule has 19 heavy (non-hydrogen) atoms. The predicted octanol–water partition coefficient (Wildman–Crippen LogP) is 3.79. The van der Waals surface area contributed by atoms with E-state index in [1.54, 1.807) is 0 Å². The summed E-state index contributed by atoms with van der Waals surface area (Å²) in [6.07, 6.45) is 10.9. The average molecular weight is 266 g/mol. The van der Waals surface area contributed by atoms with E-state index in [4.69, 9.17) is 5.73 Å². The van der Waals surface area contributed by atoms with Crippen molar-refractivity contribution in [2.75, 3.05) is 13.1 Å². The number of rotatable bonds is 3. The Hall–Kier alpha value is -0.0800. The first kappa shape index (κ1) is 15.3. The summed E-state index contributed by atoms with van der Waals surface area (Å²) >= 11 is 0. The second kappa shape index (κ2) is 6.58. The summed E-state index contributed by atoms with van der Waals surface area (Å²) in [5.41, 5.74) is 6.63. The van der Waals surface area contributed by atoms with Crippen molar-refractivity contribution >= 4 is 0 Å². The Kier molecular flexibility index (Phi) is 5.30. The fourth-order valence-corrected chi connectivity index (χ4v) is 4.72.